The maximum Gasteiger partial charge on any atom is 0.407 e. The van der Waals surface area contributed by atoms with Gasteiger partial charge in [-0.05, 0) is 41.0 Å². The monoisotopic (exact) mass is 436 g/mol. The van der Waals surface area contributed by atoms with Crippen molar-refractivity contribution < 1.29 is 24.2 Å². The van der Waals surface area contributed by atoms with Gasteiger partial charge in [0, 0.05) is 24.9 Å². The van der Waals surface area contributed by atoms with Crippen LogP contribution in [0.3, 0.4) is 0 Å². The predicted molar refractivity (Wildman–Crippen MR) is 119 cm³/mol. The first-order chi connectivity index (χ1) is 15.5. The van der Waals surface area contributed by atoms with Crippen molar-refractivity contribution in [2.75, 3.05) is 19.7 Å². The van der Waals surface area contributed by atoms with Crippen LogP contribution in [0.4, 0.5) is 4.79 Å². The summed E-state index contributed by atoms with van der Waals surface area (Å²) in [5, 5.41) is 14.4. The number of carboxylic acids is 1. The summed E-state index contributed by atoms with van der Waals surface area (Å²) in [5.74, 6) is -1.51. The van der Waals surface area contributed by atoms with Gasteiger partial charge in [-0.2, -0.15) is 0 Å². The molecular weight excluding hydrogens is 408 g/mol. The fraction of sp³-hybridized carbons (Fsp3) is 0.400. The van der Waals surface area contributed by atoms with E-state index in [0.717, 1.165) is 11.1 Å². The molecule has 1 saturated carbocycles. The first kappa shape index (κ1) is 21.9. The molecule has 7 nitrogen and oxygen atoms in total. The lowest BCUT2D eigenvalue weighted by atomic mass is 9.98. The first-order valence-corrected chi connectivity index (χ1v) is 11.0. The number of hydrogen-bond donors (Lipinski definition) is 3. The zero-order valence-electron chi connectivity index (χ0n) is 18.0. The Bertz CT molecular complexity index is 975. The Kier molecular flexibility index (Phi) is 6.44. The molecule has 2 aromatic rings. The molecule has 0 aliphatic heterocycles. The molecular formula is C25H28N2O5. The summed E-state index contributed by atoms with van der Waals surface area (Å²) in [6.45, 7) is 2.75. The van der Waals surface area contributed by atoms with Crippen LogP contribution >= 0.6 is 0 Å². The average Bonchev–Trinajstić information content (AvgIpc) is 3.51. The summed E-state index contributed by atoms with van der Waals surface area (Å²) < 4.78 is 5.50. The predicted octanol–water partition coefficient (Wildman–Crippen LogP) is 3.39. The van der Waals surface area contributed by atoms with Gasteiger partial charge in [-0.1, -0.05) is 55.5 Å². The number of nitrogens with one attached hydrogen (secondary N) is 2. The van der Waals surface area contributed by atoms with E-state index in [1.807, 2.05) is 24.3 Å². The number of carbonyl (C=O) groups is 3. The molecule has 32 heavy (non-hydrogen) atoms. The molecule has 168 valence electrons. The molecule has 2 aliphatic carbocycles. The number of alkyl carbamates (subject to hydrolysis) is 1. The highest BCUT2D eigenvalue weighted by molar-refractivity contribution is 5.80. The second-order valence-corrected chi connectivity index (χ2v) is 8.63. The SMILES string of the molecule is CC(CCNC(=O)OCC1c2ccccc2-c2ccccc21)C(=O)NCC1CC1C(=O)O. The molecule has 3 atom stereocenters. The van der Waals surface area contributed by atoms with Gasteiger partial charge in [-0.15, -0.1) is 0 Å². The molecule has 4 rings (SSSR count). The van der Waals surface area contributed by atoms with Crippen LogP contribution in [0.15, 0.2) is 48.5 Å². The summed E-state index contributed by atoms with van der Waals surface area (Å²) in [7, 11) is 0. The van der Waals surface area contributed by atoms with Crippen LogP contribution < -0.4 is 10.6 Å². The molecule has 0 bridgehead atoms. The van der Waals surface area contributed by atoms with Gasteiger partial charge in [-0.25, -0.2) is 4.79 Å². The number of benzene rings is 2. The quantitative estimate of drug-likeness (QED) is 0.559. The van der Waals surface area contributed by atoms with Crippen LogP contribution in [0.25, 0.3) is 11.1 Å². The summed E-state index contributed by atoms with van der Waals surface area (Å²) in [6.07, 6.45) is 0.595. The third-order valence-electron chi connectivity index (χ3n) is 6.42. The van der Waals surface area contributed by atoms with Crippen molar-refractivity contribution in [3.8, 4) is 11.1 Å². The molecule has 0 saturated heterocycles. The van der Waals surface area contributed by atoms with E-state index in [-0.39, 0.29) is 36.2 Å². The lowest BCUT2D eigenvalue weighted by Gasteiger charge is -2.15. The number of carboxylic acid groups (broad SMARTS) is 1. The fourth-order valence-electron chi connectivity index (χ4n) is 4.35. The Morgan fingerprint density at radius 2 is 1.66 bits per heavy atom. The number of ether oxygens (including phenoxy) is 1. The van der Waals surface area contributed by atoms with Crippen molar-refractivity contribution in [2.45, 2.75) is 25.7 Å². The van der Waals surface area contributed by atoms with Gasteiger partial charge in [0.15, 0.2) is 0 Å². The van der Waals surface area contributed by atoms with E-state index < -0.39 is 12.1 Å². The number of carbonyl (C=O) groups excluding carboxylic acids is 2. The van der Waals surface area contributed by atoms with E-state index in [1.165, 1.54) is 11.1 Å². The van der Waals surface area contributed by atoms with Gasteiger partial charge in [0.05, 0.1) is 5.92 Å². The molecule has 0 radical (unpaired) electrons. The van der Waals surface area contributed by atoms with E-state index in [4.69, 9.17) is 9.84 Å². The number of fused-ring (bicyclic) bond motifs is 3. The van der Waals surface area contributed by atoms with Crippen molar-refractivity contribution in [3.05, 3.63) is 59.7 Å². The first-order valence-electron chi connectivity index (χ1n) is 11.0. The molecule has 2 aromatic carbocycles. The Morgan fingerprint density at radius 1 is 1.03 bits per heavy atom. The molecule has 0 spiro atoms. The molecule has 7 heteroatoms. The van der Waals surface area contributed by atoms with E-state index in [0.29, 0.717) is 25.9 Å². The molecule has 0 aromatic heterocycles. The molecule has 3 unspecified atom stereocenters. The second kappa shape index (κ2) is 9.42. The number of rotatable bonds is 9. The van der Waals surface area contributed by atoms with E-state index >= 15 is 0 Å². The molecule has 0 heterocycles. The van der Waals surface area contributed by atoms with E-state index in [9.17, 15) is 14.4 Å². The zero-order valence-corrected chi connectivity index (χ0v) is 18.0. The molecule has 1 fully saturated rings. The zero-order chi connectivity index (χ0) is 22.7. The fourth-order valence-corrected chi connectivity index (χ4v) is 4.35. The molecule has 3 N–H and O–H groups in total. The van der Waals surface area contributed by atoms with Crippen LogP contribution in [-0.4, -0.2) is 42.8 Å². The van der Waals surface area contributed by atoms with Gasteiger partial charge < -0.3 is 20.5 Å². The van der Waals surface area contributed by atoms with Crippen LogP contribution in [0, 0.1) is 17.8 Å². The van der Waals surface area contributed by atoms with Crippen LogP contribution in [0.5, 0.6) is 0 Å². The third kappa shape index (κ3) is 4.77. The Morgan fingerprint density at radius 3 is 2.25 bits per heavy atom. The maximum absolute atomic E-state index is 12.2. The summed E-state index contributed by atoms with van der Waals surface area (Å²) in [5.41, 5.74) is 4.68. The summed E-state index contributed by atoms with van der Waals surface area (Å²) in [4.78, 5) is 35.2. The minimum atomic E-state index is -0.801. The van der Waals surface area contributed by atoms with Crippen molar-refractivity contribution in [2.24, 2.45) is 17.8 Å². The number of hydrogen-bond acceptors (Lipinski definition) is 4. The van der Waals surface area contributed by atoms with Crippen molar-refractivity contribution in [1.82, 2.24) is 10.6 Å². The van der Waals surface area contributed by atoms with Crippen molar-refractivity contribution in [3.63, 3.8) is 0 Å². The van der Waals surface area contributed by atoms with Gasteiger partial charge in [0.2, 0.25) is 5.91 Å². The van der Waals surface area contributed by atoms with Gasteiger partial charge in [0.25, 0.3) is 0 Å². The lowest BCUT2D eigenvalue weighted by Crippen LogP contribution is -2.34. The minimum absolute atomic E-state index is 0.00917. The topological polar surface area (TPSA) is 105 Å². The van der Waals surface area contributed by atoms with Crippen LogP contribution in [0.2, 0.25) is 0 Å². The lowest BCUT2D eigenvalue weighted by molar-refractivity contribution is -0.139. The Labute approximate surface area is 187 Å². The highest BCUT2D eigenvalue weighted by atomic mass is 16.5. The number of amides is 2. The maximum atomic E-state index is 12.2. The van der Waals surface area contributed by atoms with E-state index in [2.05, 4.69) is 34.9 Å². The molecule has 2 aliphatic rings. The smallest absolute Gasteiger partial charge is 0.407 e. The van der Waals surface area contributed by atoms with Crippen molar-refractivity contribution >= 4 is 18.0 Å². The van der Waals surface area contributed by atoms with Gasteiger partial charge in [-0.3, -0.25) is 9.59 Å². The number of aliphatic carboxylic acids is 1. The molecule has 2 amide bonds. The highest BCUT2D eigenvalue weighted by Gasteiger charge is 2.43. The Balaban J connectivity index is 1.19. The minimum Gasteiger partial charge on any atom is -0.481 e. The van der Waals surface area contributed by atoms with Crippen LogP contribution in [-0.2, 0) is 14.3 Å². The van der Waals surface area contributed by atoms with Crippen molar-refractivity contribution in [1.29, 1.82) is 0 Å². The summed E-state index contributed by atoms with van der Waals surface area (Å²) >= 11 is 0. The third-order valence-corrected chi connectivity index (χ3v) is 6.42. The second-order valence-electron chi connectivity index (χ2n) is 8.63. The van der Waals surface area contributed by atoms with Crippen LogP contribution in [0.1, 0.15) is 36.8 Å². The summed E-state index contributed by atoms with van der Waals surface area (Å²) in [6, 6.07) is 16.3. The van der Waals surface area contributed by atoms with Gasteiger partial charge in [0.1, 0.15) is 6.61 Å². The normalized spacial score (nSPS) is 19.4. The highest BCUT2D eigenvalue weighted by Crippen LogP contribution is 2.44. The average molecular weight is 437 g/mol. The van der Waals surface area contributed by atoms with E-state index in [1.54, 1.807) is 6.92 Å². The Hall–Kier alpha value is -3.35. The standard InChI is InChI=1S/C25H28N2O5/c1-15(23(28)27-13-16-12-21(16)24(29)30)10-11-26-25(31)32-14-22-19-8-4-2-6-17(19)18-7-3-5-9-20(18)22/h2-9,15-16,21-22H,10-14H2,1H3,(H,26,31)(H,27,28)(H,29,30). The largest absolute Gasteiger partial charge is 0.481 e. The van der Waals surface area contributed by atoms with Gasteiger partial charge >= 0.3 is 12.1 Å².